The second kappa shape index (κ2) is 14.2. The van der Waals surface area contributed by atoms with Crippen molar-refractivity contribution in [2.45, 2.75) is 88.4 Å². The molecule has 4 aliphatic rings. The molecule has 5 nitrogen and oxygen atoms in total. The highest BCUT2D eigenvalue weighted by atomic mass is 32.2. The first-order valence-corrected chi connectivity index (χ1v) is 18.8. The van der Waals surface area contributed by atoms with Gasteiger partial charge in [-0.1, -0.05) is 104 Å². The van der Waals surface area contributed by atoms with Gasteiger partial charge in [-0.2, -0.15) is 0 Å². The van der Waals surface area contributed by atoms with E-state index < -0.39 is 5.54 Å². The van der Waals surface area contributed by atoms with Gasteiger partial charge in [0, 0.05) is 36.9 Å². The monoisotopic (exact) mass is 660 g/mol. The quantitative estimate of drug-likeness (QED) is 0.204. The van der Waals surface area contributed by atoms with Gasteiger partial charge in [-0.25, -0.2) is 4.99 Å². The van der Waals surface area contributed by atoms with E-state index in [1.807, 2.05) is 30.2 Å². The molecule has 1 aliphatic heterocycles. The SMILES string of the molecule is CCC[C@H](CSC1=N[C@]2(C(=O)N1C[C@H](OC)c1ccccc1)c1cc(C#CC3CC3)ccc1CC21CCC(OC)CC1)c1ccccc1. The third-order valence-corrected chi connectivity index (χ3v) is 12.3. The molecule has 0 unspecified atom stereocenters. The molecular formula is C42H48N2O3S. The van der Waals surface area contributed by atoms with Crippen LogP contribution < -0.4 is 0 Å². The molecule has 2 spiro atoms. The minimum Gasteiger partial charge on any atom is -0.381 e. The number of amidine groups is 1. The van der Waals surface area contributed by atoms with Gasteiger partial charge in [0.15, 0.2) is 10.7 Å². The Bertz CT molecular complexity index is 1680. The molecule has 48 heavy (non-hydrogen) atoms. The molecule has 0 saturated heterocycles. The number of ether oxygens (including phenoxy) is 2. The molecule has 3 aromatic carbocycles. The van der Waals surface area contributed by atoms with Crippen LogP contribution in [-0.2, 0) is 26.2 Å². The van der Waals surface area contributed by atoms with E-state index in [2.05, 4.69) is 79.4 Å². The number of fused-ring (bicyclic) bond motifs is 3. The van der Waals surface area contributed by atoms with Gasteiger partial charge >= 0.3 is 0 Å². The zero-order valence-corrected chi connectivity index (χ0v) is 29.4. The van der Waals surface area contributed by atoms with Crippen molar-refractivity contribution in [3.05, 3.63) is 107 Å². The Morgan fingerprint density at radius 2 is 1.67 bits per heavy atom. The summed E-state index contributed by atoms with van der Waals surface area (Å²) >= 11 is 1.75. The molecule has 0 aromatic heterocycles. The number of rotatable bonds is 10. The van der Waals surface area contributed by atoms with Gasteiger partial charge in [-0.15, -0.1) is 0 Å². The molecule has 7 rings (SSSR count). The number of thioether (sulfide) groups is 1. The first-order chi connectivity index (χ1) is 23.5. The smallest absolute Gasteiger partial charge is 0.261 e. The maximum Gasteiger partial charge on any atom is 0.261 e. The summed E-state index contributed by atoms with van der Waals surface area (Å²) in [6, 6.07) is 27.7. The first kappa shape index (κ1) is 33.1. The lowest BCUT2D eigenvalue weighted by molar-refractivity contribution is -0.139. The zero-order valence-electron chi connectivity index (χ0n) is 28.6. The highest BCUT2D eigenvalue weighted by Crippen LogP contribution is 2.62. The van der Waals surface area contributed by atoms with E-state index in [-0.39, 0.29) is 23.5 Å². The van der Waals surface area contributed by atoms with Crippen LogP contribution in [0.25, 0.3) is 0 Å². The predicted octanol–water partition coefficient (Wildman–Crippen LogP) is 8.68. The minimum atomic E-state index is -0.984. The van der Waals surface area contributed by atoms with Gasteiger partial charge in [0.25, 0.3) is 5.91 Å². The van der Waals surface area contributed by atoms with E-state index in [1.54, 1.807) is 18.9 Å². The van der Waals surface area contributed by atoms with Crippen molar-refractivity contribution in [1.82, 2.24) is 4.90 Å². The lowest BCUT2D eigenvalue weighted by Crippen LogP contribution is -2.52. The maximum atomic E-state index is 15.5. The molecule has 1 heterocycles. The average Bonchev–Trinajstić information content (AvgIpc) is 3.87. The Balaban J connectivity index is 1.32. The number of carbonyl (C=O) groups is 1. The van der Waals surface area contributed by atoms with Crippen LogP contribution in [-0.4, -0.2) is 48.6 Å². The van der Waals surface area contributed by atoms with Crippen molar-refractivity contribution >= 4 is 22.8 Å². The molecule has 6 heteroatoms. The van der Waals surface area contributed by atoms with Crippen LogP contribution >= 0.6 is 11.8 Å². The number of benzene rings is 3. The molecule has 1 amide bonds. The lowest BCUT2D eigenvalue weighted by atomic mass is 9.61. The minimum absolute atomic E-state index is 0.0941. The zero-order chi connectivity index (χ0) is 33.1. The fourth-order valence-corrected chi connectivity index (χ4v) is 9.55. The third-order valence-electron chi connectivity index (χ3n) is 11.2. The topological polar surface area (TPSA) is 51.1 Å². The van der Waals surface area contributed by atoms with E-state index in [0.29, 0.717) is 18.4 Å². The van der Waals surface area contributed by atoms with Crippen molar-refractivity contribution in [3.63, 3.8) is 0 Å². The van der Waals surface area contributed by atoms with E-state index in [1.165, 1.54) is 24.0 Å². The summed E-state index contributed by atoms with van der Waals surface area (Å²) in [4.78, 5) is 23.2. The number of carbonyl (C=O) groups excluding carboxylic acids is 1. The van der Waals surface area contributed by atoms with Gasteiger partial charge < -0.3 is 9.47 Å². The standard InChI is InChI=1S/C42H48N2O3S/c1-4-11-35(32-12-7-5-8-13-32)29-48-40-43-42(39(45)44(40)28-38(47-3)33-14-9-6-10-15-33)37-26-31(19-18-30-16-17-30)20-21-34(37)27-41(42)24-22-36(46-2)23-25-41/h5-10,12-15,20-21,26,30,35-36,38H,4,11,16-17,22-25,27-29H2,1-3H3/t35-,36?,38+,41?,42+/m1/s1. The van der Waals surface area contributed by atoms with Crippen LogP contribution in [0, 0.1) is 23.2 Å². The Kier molecular flexibility index (Phi) is 9.83. The molecular weight excluding hydrogens is 613 g/mol. The molecule has 3 aliphatic carbocycles. The van der Waals surface area contributed by atoms with Gasteiger partial charge in [0.2, 0.25) is 0 Å². The second-order valence-electron chi connectivity index (χ2n) is 14.2. The third kappa shape index (κ3) is 6.26. The predicted molar refractivity (Wildman–Crippen MR) is 195 cm³/mol. The van der Waals surface area contributed by atoms with Crippen molar-refractivity contribution in [2.24, 2.45) is 16.3 Å². The number of nitrogens with zero attached hydrogens (tertiary/aromatic N) is 2. The fraction of sp³-hybridized carbons (Fsp3) is 0.476. The largest absolute Gasteiger partial charge is 0.381 e. The number of hydrogen-bond acceptors (Lipinski definition) is 5. The Morgan fingerprint density at radius 1 is 0.958 bits per heavy atom. The second-order valence-corrected chi connectivity index (χ2v) is 15.2. The molecule has 0 radical (unpaired) electrons. The van der Waals surface area contributed by atoms with Crippen LogP contribution in [0.2, 0.25) is 0 Å². The molecule has 2 saturated carbocycles. The Morgan fingerprint density at radius 3 is 2.31 bits per heavy atom. The molecule has 3 atom stereocenters. The number of amides is 1. The first-order valence-electron chi connectivity index (χ1n) is 17.8. The van der Waals surface area contributed by atoms with E-state index >= 15 is 4.79 Å². The summed E-state index contributed by atoms with van der Waals surface area (Å²) in [6.07, 6.45) is 9.03. The van der Waals surface area contributed by atoms with Gasteiger partial charge in [-0.05, 0) is 91.7 Å². The van der Waals surface area contributed by atoms with Crippen LogP contribution in [0.4, 0.5) is 0 Å². The van der Waals surface area contributed by atoms with Crippen LogP contribution in [0.5, 0.6) is 0 Å². The van der Waals surface area contributed by atoms with Gasteiger partial charge in [0.05, 0.1) is 12.6 Å². The Labute approximate surface area is 290 Å². The van der Waals surface area contributed by atoms with Crippen molar-refractivity contribution in [3.8, 4) is 11.8 Å². The summed E-state index contributed by atoms with van der Waals surface area (Å²) in [5.74, 6) is 8.74. The molecule has 3 aromatic rings. The fourth-order valence-electron chi connectivity index (χ4n) is 8.33. The van der Waals surface area contributed by atoms with Crippen molar-refractivity contribution in [1.29, 1.82) is 0 Å². The van der Waals surface area contributed by atoms with Crippen molar-refractivity contribution < 1.29 is 14.3 Å². The molecule has 0 bridgehead atoms. The molecule has 0 N–H and O–H groups in total. The summed E-state index contributed by atoms with van der Waals surface area (Å²) in [7, 11) is 3.56. The Hall–Kier alpha value is -3.37. The molecule has 250 valence electrons. The van der Waals surface area contributed by atoms with Gasteiger partial charge in [-0.3, -0.25) is 9.69 Å². The summed E-state index contributed by atoms with van der Waals surface area (Å²) in [5, 5.41) is 0.825. The van der Waals surface area contributed by atoms with Gasteiger partial charge in [0.1, 0.15) is 6.10 Å². The number of hydrogen-bond donors (Lipinski definition) is 0. The normalized spacial score (nSPS) is 25.9. The van der Waals surface area contributed by atoms with Crippen LogP contribution in [0.15, 0.2) is 83.9 Å². The molecule has 2 fully saturated rings. The average molecular weight is 661 g/mol. The van der Waals surface area contributed by atoms with E-state index in [0.717, 1.165) is 72.6 Å². The maximum absolute atomic E-state index is 15.5. The van der Waals surface area contributed by atoms with Crippen LogP contribution in [0.3, 0.4) is 0 Å². The van der Waals surface area contributed by atoms with E-state index in [9.17, 15) is 0 Å². The van der Waals surface area contributed by atoms with E-state index in [4.69, 9.17) is 14.5 Å². The highest BCUT2D eigenvalue weighted by molar-refractivity contribution is 8.13. The summed E-state index contributed by atoms with van der Waals surface area (Å²) in [5.41, 5.74) is 4.41. The number of aliphatic imine (C=N–C) groups is 1. The van der Waals surface area contributed by atoms with Crippen molar-refractivity contribution in [2.75, 3.05) is 26.5 Å². The summed E-state index contributed by atoms with van der Waals surface area (Å²) < 4.78 is 11.9. The van der Waals surface area contributed by atoms with Crippen LogP contribution in [0.1, 0.15) is 98.1 Å². The lowest BCUT2D eigenvalue weighted by Gasteiger charge is -2.45. The highest BCUT2D eigenvalue weighted by Gasteiger charge is 2.67. The summed E-state index contributed by atoms with van der Waals surface area (Å²) in [6.45, 7) is 2.67. The number of methoxy groups -OCH3 is 2.